The van der Waals surface area contributed by atoms with Crippen molar-refractivity contribution >= 4 is 21.2 Å². The number of ether oxygens (including phenoxy) is 4. The maximum atomic E-state index is 15.7. The molecule has 0 aliphatic carbocycles. The van der Waals surface area contributed by atoms with Crippen LogP contribution >= 0.6 is 0 Å². The minimum atomic E-state index is -5.78. The van der Waals surface area contributed by atoms with Crippen molar-refractivity contribution in [1.29, 1.82) is 0 Å². The SMILES string of the molecule is O=S(=O)(Oc1ccc(-c2ccc(-c3nc4cc(O[C@@H]5CO[C@H]6[C@@H]5OC[C@H]6O)n(C5CCCCO5)c4cc3F)cc2)cc1)C(F)(F)F. The maximum Gasteiger partial charge on any atom is 0.534 e. The molecule has 244 valence electrons. The summed E-state index contributed by atoms with van der Waals surface area (Å²) in [6.07, 6.45) is 0.0397. The summed E-state index contributed by atoms with van der Waals surface area (Å²) in [6.45, 7) is 0.936. The Hall–Kier alpha value is -3.76. The van der Waals surface area contributed by atoms with Gasteiger partial charge in [-0.1, -0.05) is 36.4 Å². The van der Waals surface area contributed by atoms with Gasteiger partial charge in [-0.15, -0.1) is 0 Å². The number of aromatic nitrogens is 2. The van der Waals surface area contributed by atoms with Gasteiger partial charge in [0.25, 0.3) is 0 Å². The van der Waals surface area contributed by atoms with E-state index in [0.717, 1.165) is 25.0 Å². The number of halogens is 4. The molecular weight excluding hydrogens is 636 g/mol. The second-order valence-electron chi connectivity index (χ2n) is 11.3. The monoisotopic (exact) mass is 664 g/mol. The summed E-state index contributed by atoms with van der Waals surface area (Å²) in [5, 5.41) is 10.1. The van der Waals surface area contributed by atoms with Gasteiger partial charge >= 0.3 is 15.6 Å². The predicted octanol–water partition coefficient (Wildman–Crippen LogP) is 5.34. The van der Waals surface area contributed by atoms with E-state index >= 15 is 4.39 Å². The maximum absolute atomic E-state index is 15.7. The zero-order valence-corrected chi connectivity index (χ0v) is 24.8. The van der Waals surface area contributed by atoms with Crippen LogP contribution < -0.4 is 8.92 Å². The normalized spacial score (nSPS) is 25.1. The fourth-order valence-electron chi connectivity index (χ4n) is 6.01. The number of aliphatic hydroxyl groups excluding tert-OH is 1. The van der Waals surface area contributed by atoms with E-state index in [-0.39, 0.29) is 25.1 Å². The van der Waals surface area contributed by atoms with E-state index in [1.807, 2.05) is 4.57 Å². The van der Waals surface area contributed by atoms with Crippen LogP contribution in [0.15, 0.2) is 60.7 Å². The van der Waals surface area contributed by atoms with Crippen molar-refractivity contribution in [2.45, 2.75) is 55.4 Å². The van der Waals surface area contributed by atoms with Crippen molar-refractivity contribution in [3.63, 3.8) is 0 Å². The first-order valence-electron chi connectivity index (χ1n) is 14.6. The van der Waals surface area contributed by atoms with Crippen LogP contribution in [0, 0.1) is 5.82 Å². The highest BCUT2D eigenvalue weighted by atomic mass is 32.2. The highest BCUT2D eigenvalue weighted by Crippen LogP contribution is 2.38. The topological polar surface area (TPSA) is 118 Å². The highest BCUT2D eigenvalue weighted by Gasteiger charge is 2.49. The third-order valence-electron chi connectivity index (χ3n) is 8.27. The van der Waals surface area contributed by atoms with Crippen LogP contribution in [-0.4, -0.2) is 72.8 Å². The molecule has 3 saturated heterocycles. The van der Waals surface area contributed by atoms with Crippen molar-refractivity contribution in [2.24, 2.45) is 0 Å². The quantitative estimate of drug-likeness (QED) is 0.159. The van der Waals surface area contributed by atoms with Crippen molar-refractivity contribution in [3.8, 4) is 34.0 Å². The lowest BCUT2D eigenvalue weighted by Crippen LogP contribution is -2.35. The van der Waals surface area contributed by atoms with Crippen LogP contribution in [0.3, 0.4) is 0 Å². The van der Waals surface area contributed by atoms with Gasteiger partial charge < -0.3 is 28.2 Å². The first-order chi connectivity index (χ1) is 22.0. The Morgan fingerprint density at radius 2 is 1.57 bits per heavy atom. The number of aliphatic hydroxyl groups is 1. The molecule has 5 heterocycles. The van der Waals surface area contributed by atoms with E-state index in [9.17, 15) is 26.7 Å². The fourth-order valence-corrected chi connectivity index (χ4v) is 6.47. The van der Waals surface area contributed by atoms with Gasteiger partial charge in [-0.3, -0.25) is 4.57 Å². The van der Waals surface area contributed by atoms with Crippen LogP contribution in [0.4, 0.5) is 17.6 Å². The third-order valence-corrected chi connectivity index (χ3v) is 9.25. The molecule has 10 nitrogen and oxygen atoms in total. The van der Waals surface area contributed by atoms with Gasteiger partial charge in [0.2, 0.25) is 0 Å². The molecule has 15 heteroatoms. The zero-order chi connectivity index (χ0) is 32.2. The molecule has 0 bridgehead atoms. The first-order valence-corrected chi connectivity index (χ1v) is 16.0. The van der Waals surface area contributed by atoms with Gasteiger partial charge in [-0.05, 0) is 42.5 Å². The summed E-state index contributed by atoms with van der Waals surface area (Å²) >= 11 is 0. The molecule has 7 rings (SSSR count). The first kappa shape index (κ1) is 30.9. The minimum Gasteiger partial charge on any atom is -0.470 e. The van der Waals surface area contributed by atoms with Crippen LogP contribution in [-0.2, 0) is 24.3 Å². The Bertz CT molecular complexity index is 1840. The molecule has 2 aromatic carbocycles. The molecule has 0 amide bonds. The van der Waals surface area contributed by atoms with Crippen molar-refractivity contribution < 1.29 is 54.2 Å². The minimum absolute atomic E-state index is 0.0972. The van der Waals surface area contributed by atoms with Gasteiger partial charge in [0.05, 0.1) is 24.2 Å². The molecule has 3 fully saturated rings. The summed E-state index contributed by atoms with van der Waals surface area (Å²) in [5.74, 6) is -0.628. The Kier molecular flexibility index (Phi) is 7.92. The second kappa shape index (κ2) is 11.8. The third kappa shape index (κ3) is 5.70. The average molecular weight is 665 g/mol. The number of fused-ring (bicyclic) bond motifs is 2. The molecule has 0 radical (unpaired) electrons. The van der Waals surface area contributed by atoms with Gasteiger partial charge in [-0.25, -0.2) is 9.37 Å². The molecule has 1 unspecified atom stereocenters. The van der Waals surface area contributed by atoms with E-state index in [2.05, 4.69) is 9.17 Å². The lowest BCUT2D eigenvalue weighted by molar-refractivity contribution is -0.0500. The van der Waals surface area contributed by atoms with E-state index < -0.39 is 51.6 Å². The van der Waals surface area contributed by atoms with Gasteiger partial charge in [-0.2, -0.15) is 21.6 Å². The molecule has 2 aromatic heterocycles. The lowest BCUT2D eigenvalue weighted by atomic mass is 10.0. The molecule has 1 N–H and O–H groups in total. The molecule has 46 heavy (non-hydrogen) atoms. The molecule has 0 spiro atoms. The summed E-state index contributed by atoms with van der Waals surface area (Å²) in [7, 11) is -5.78. The number of nitrogens with zero attached hydrogens (tertiary/aromatic N) is 2. The number of hydrogen-bond donors (Lipinski definition) is 1. The number of alkyl halides is 3. The van der Waals surface area contributed by atoms with Gasteiger partial charge in [0, 0.05) is 24.3 Å². The predicted molar refractivity (Wildman–Crippen MR) is 155 cm³/mol. The Labute approximate surface area is 260 Å². The van der Waals surface area contributed by atoms with Crippen LogP contribution in [0.5, 0.6) is 11.6 Å². The average Bonchev–Trinajstić information content (AvgIpc) is 3.71. The van der Waals surface area contributed by atoms with Gasteiger partial charge in [0.1, 0.15) is 36.0 Å². The summed E-state index contributed by atoms with van der Waals surface area (Å²) in [5.41, 5.74) is -2.78. The van der Waals surface area contributed by atoms with E-state index in [1.54, 1.807) is 30.3 Å². The smallest absolute Gasteiger partial charge is 0.470 e. The largest absolute Gasteiger partial charge is 0.534 e. The van der Waals surface area contributed by atoms with E-state index in [1.165, 1.54) is 18.2 Å². The Balaban J connectivity index is 1.16. The second-order valence-corrected chi connectivity index (χ2v) is 12.8. The standard InChI is InChI=1S/C31H28F4N2O8S/c32-21-13-23-22(14-27(37(23)26-3-1-2-12-41-26)44-25-16-43-29-24(38)15-42-30(25)29)36-28(21)19-6-4-17(5-7-19)18-8-10-20(11-9-18)45-46(39,40)31(33,34)35/h4-11,13-14,24-26,29-30,38H,1-3,12,15-16H2/t24-,25-,26?,29-,30-/m1/s1. The summed E-state index contributed by atoms with van der Waals surface area (Å²) in [6, 6.07) is 14.9. The number of pyridine rings is 1. The van der Waals surface area contributed by atoms with Crippen molar-refractivity contribution in [3.05, 3.63) is 66.5 Å². The molecule has 3 aliphatic rings. The van der Waals surface area contributed by atoms with Crippen molar-refractivity contribution in [1.82, 2.24) is 9.55 Å². The number of rotatable bonds is 7. The lowest BCUT2D eigenvalue weighted by Gasteiger charge is -2.27. The zero-order valence-electron chi connectivity index (χ0n) is 24.0. The Morgan fingerprint density at radius 1 is 0.891 bits per heavy atom. The molecule has 3 aliphatic heterocycles. The molecule has 0 saturated carbocycles. The molecule has 4 aromatic rings. The highest BCUT2D eigenvalue weighted by molar-refractivity contribution is 7.88. The van der Waals surface area contributed by atoms with Crippen LogP contribution in [0.2, 0.25) is 0 Å². The molecular formula is C31H28F4N2O8S. The molecule has 5 atom stereocenters. The summed E-state index contributed by atoms with van der Waals surface area (Å²) < 4.78 is 106. The Morgan fingerprint density at radius 3 is 2.24 bits per heavy atom. The van der Waals surface area contributed by atoms with Crippen LogP contribution in [0.25, 0.3) is 33.4 Å². The van der Waals surface area contributed by atoms with Gasteiger partial charge in [0.15, 0.2) is 17.8 Å². The van der Waals surface area contributed by atoms with E-state index in [4.69, 9.17) is 18.9 Å². The van der Waals surface area contributed by atoms with Crippen molar-refractivity contribution in [2.75, 3.05) is 19.8 Å². The van der Waals surface area contributed by atoms with E-state index in [0.29, 0.717) is 46.6 Å². The fraction of sp³-hybridized carbons (Fsp3) is 0.387. The summed E-state index contributed by atoms with van der Waals surface area (Å²) in [4.78, 5) is 4.64. The number of benzene rings is 2. The van der Waals surface area contributed by atoms with Crippen LogP contribution in [0.1, 0.15) is 25.5 Å². The number of hydrogen-bond acceptors (Lipinski definition) is 9.